The topological polar surface area (TPSA) is 57.8 Å². The highest BCUT2D eigenvalue weighted by Crippen LogP contribution is 2.43. The Morgan fingerprint density at radius 3 is 1.05 bits per heavy atom. The second kappa shape index (κ2) is 16.8. The van der Waals surface area contributed by atoms with Gasteiger partial charge in [-0.1, -0.05) is 146 Å². The second-order valence-corrected chi connectivity index (χ2v) is 15.9. The number of benzene rings is 7. The molecule has 0 spiro atoms. The second-order valence-electron chi connectivity index (χ2n) is 15.9. The van der Waals surface area contributed by atoms with E-state index in [1.807, 2.05) is 67.2 Å². The summed E-state index contributed by atoms with van der Waals surface area (Å²) in [6, 6.07) is 61.4. The fraction of sp³-hybridized carbons (Fsp3) is 0.0702. The number of rotatable bonds is 10. The molecule has 0 radical (unpaired) electrons. The van der Waals surface area contributed by atoms with E-state index in [1.165, 1.54) is 0 Å². The SMILES string of the molecule is COc1cc(-c2ccc(-c3ccccc3-c3cc(-c4ccccc4-c4ccc(-c5nccn5C)cc4)cc(-c4ccccc4-c4ccc(-c5nccn5C)cc4)c3)cc2)ncc1C. The van der Waals surface area contributed by atoms with Crippen LogP contribution in [-0.2, 0) is 14.1 Å². The van der Waals surface area contributed by atoms with Gasteiger partial charge in [-0.15, -0.1) is 0 Å². The van der Waals surface area contributed by atoms with Gasteiger partial charge in [-0.3, -0.25) is 4.98 Å². The molecule has 10 rings (SSSR count). The van der Waals surface area contributed by atoms with Gasteiger partial charge in [0.15, 0.2) is 0 Å². The highest BCUT2D eigenvalue weighted by molar-refractivity contribution is 5.94. The van der Waals surface area contributed by atoms with E-state index in [2.05, 4.69) is 174 Å². The first-order valence-electron chi connectivity index (χ1n) is 21.1. The van der Waals surface area contributed by atoms with E-state index in [0.717, 1.165) is 112 Å². The van der Waals surface area contributed by atoms with Crippen molar-refractivity contribution in [1.29, 1.82) is 0 Å². The fourth-order valence-electron chi connectivity index (χ4n) is 8.64. The summed E-state index contributed by atoms with van der Waals surface area (Å²) in [5, 5.41) is 0. The van der Waals surface area contributed by atoms with Crippen LogP contribution in [-0.4, -0.2) is 31.2 Å². The molecule has 0 unspecified atom stereocenters. The number of hydrogen-bond donors (Lipinski definition) is 0. The zero-order chi connectivity index (χ0) is 42.9. The predicted molar refractivity (Wildman–Crippen MR) is 258 cm³/mol. The monoisotopic (exact) mass is 815 g/mol. The van der Waals surface area contributed by atoms with Crippen LogP contribution in [0.5, 0.6) is 5.75 Å². The molecule has 7 aromatic carbocycles. The summed E-state index contributed by atoms with van der Waals surface area (Å²) < 4.78 is 9.71. The Labute approximate surface area is 368 Å². The van der Waals surface area contributed by atoms with Crippen LogP contribution in [0.3, 0.4) is 0 Å². The Hall–Kier alpha value is -8.09. The number of nitrogens with zero attached hydrogens (tertiary/aromatic N) is 5. The lowest BCUT2D eigenvalue weighted by Crippen LogP contribution is -1.93. The first-order chi connectivity index (χ1) is 30.9. The van der Waals surface area contributed by atoms with Crippen molar-refractivity contribution in [2.45, 2.75) is 6.92 Å². The molecule has 0 aliphatic heterocycles. The lowest BCUT2D eigenvalue weighted by molar-refractivity contribution is 0.411. The van der Waals surface area contributed by atoms with Gasteiger partial charge in [0.05, 0.1) is 12.8 Å². The number of pyridine rings is 1. The molecule has 6 heteroatoms. The average Bonchev–Trinajstić information content (AvgIpc) is 3.99. The largest absolute Gasteiger partial charge is 0.496 e. The van der Waals surface area contributed by atoms with E-state index in [1.54, 1.807) is 7.11 Å². The van der Waals surface area contributed by atoms with Crippen molar-refractivity contribution < 1.29 is 4.74 Å². The molecule has 304 valence electrons. The highest BCUT2D eigenvalue weighted by Gasteiger charge is 2.17. The Kier molecular flexibility index (Phi) is 10.4. The summed E-state index contributed by atoms with van der Waals surface area (Å²) in [7, 11) is 5.75. The van der Waals surface area contributed by atoms with Crippen LogP contribution in [0, 0.1) is 6.92 Å². The molecule has 0 amide bonds. The summed E-state index contributed by atoms with van der Waals surface area (Å²) in [4.78, 5) is 13.9. The van der Waals surface area contributed by atoms with Crippen LogP contribution in [0.1, 0.15) is 5.56 Å². The van der Waals surface area contributed by atoms with E-state index in [9.17, 15) is 0 Å². The normalized spacial score (nSPS) is 11.2. The summed E-state index contributed by atoms with van der Waals surface area (Å²) in [6.45, 7) is 2.01. The summed E-state index contributed by atoms with van der Waals surface area (Å²) in [6.07, 6.45) is 9.50. The maximum absolute atomic E-state index is 5.61. The van der Waals surface area contributed by atoms with Crippen molar-refractivity contribution >= 4 is 0 Å². The molecule has 0 aliphatic rings. The van der Waals surface area contributed by atoms with E-state index in [0.29, 0.717) is 0 Å². The van der Waals surface area contributed by atoms with Crippen molar-refractivity contribution in [1.82, 2.24) is 24.1 Å². The third kappa shape index (κ3) is 7.64. The zero-order valence-corrected chi connectivity index (χ0v) is 35.7. The Morgan fingerprint density at radius 1 is 0.381 bits per heavy atom. The number of hydrogen-bond acceptors (Lipinski definition) is 4. The van der Waals surface area contributed by atoms with Crippen molar-refractivity contribution in [2.75, 3.05) is 7.11 Å². The molecule has 3 aromatic heterocycles. The zero-order valence-electron chi connectivity index (χ0n) is 35.7. The van der Waals surface area contributed by atoms with E-state index in [4.69, 9.17) is 9.72 Å². The van der Waals surface area contributed by atoms with Crippen molar-refractivity contribution in [2.24, 2.45) is 14.1 Å². The lowest BCUT2D eigenvalue weighted by Gasteiger charge is -2.18. The number of aryl methyl sites for hydroxylation is 3. The Bertz CT molecular complexity index is 3080. The molecule has 0 bridgehead atoms. The van der Waals surface area contributed by atoms with E-state index in [-0.39, 0.29) is 0 Å². The van der Waals surface area contributed by atoms with Gasteiger partial charge in [0.2, 0.25) is 0 Å². The fourth-order valence-corrected chi connectivity index (χ4v) is 8.64. The van der Waals surface area contributed by atoms with Crippen LogP contribution in [0.2, 0.25) is 0 Å². The highest BCUT2D eigenvalue weighted by atomic mass is 16.5. The molecule has 0 saturated heterocycles. The third-order valence-corrected chi connectivity index (χ3v) is 12.0. The van der Waals surface area contributed by atoms with Crippen LogP contribution < -0.4 is 4.74 Å². The Morgan fingerprint density at radius 2 is 0.714 bits per heavy atom. The van der Waals surface area contributed by atoms with Gasteiger partial charge in [0.25, 0.3) is 0 Å². The van der Waals surface area contributed by atoms with Crippen LogP contribution in [0.15, 0.2) is 201 Å². The summed E-state index contributed by atoms with van der Waals surface area (Å²) >= 11 is 0. The number of aromatic nitrogens is 5. The summed E-state index contributed by atoms with van der Waals surface area (Å²) in [5.74, 6) is 2.71. The minimum absolute atomic E-state index is 0.830. The maximum atomic E-state index is 5.61. The predicted octanol–water partition coefficient (Wildman–Crippen LogP) is 13.9. The average molecular weight is 816 g/mol. The summed E-state index contributed by atoms with van der Waals surface area (Å²) in [5.41, 5.74) is 18.8. The smallest absolute Gasteiger partial charge is 0.139 e. The Balaban J connectivity index is 1.11. The van der Waals surface area contributed by atoms with Gasteiger partial charge in [-0.05, 0) is 91.9 Å². The first kappa shape index (κ1) is 39.1. The van der Waals surface area contributed by atoms with E-state index < -0.39 is 0 Å². The number of methoxy groups -OCH3 is 1. The quantitative estimate of drug-likeness (QED) is 0.138. The van der Waals surface area contributed by atoms with Crippen LogP contribution in [0.4, 0.5) is 0 Å². The molecule has 63 heavy (non-hydrogen) atoms. The third-order valence-electron chi connectivity index (χ3n) is 12.0. The van der Waals surface area contributed by atoms with Gasteiger partial charge >= 0.3 is 0 Å². The number of imidazole rings is 2. The minimum atomic E-state index is 0.830. The van der Waals surface area contributed by atoms with Crippen molar-refractivity contribution in [3.8, 4) is 107 Å². The molecule has 10 aromatic rings. The van der Waals surface area contributed by atoms with Gasteiger partial charge in [0, 0.05) is 73.4 Å². The molecule has 6 nitrogen and oxygen atoms in total. The molecule has 0 saturated carbocycles. The molecule has 0 atom stereocenters. The van der Waals surface area contributed by atoms with Crippen LogP contribution in [0.25, 0.3) is 101 Å². The maximum Gasteiger partial charge on any atom is 0.139 e. The molecule has 0 fully saturated rings. The number of ether oxygens (including phenoxy) is 1. The molecule has 0 N–H and O–H groups in total. The van der Waals surface area contributed by atoms with Gasteiger partial charge in [-0.25, -0.2) is 9.97 Å². The minimum Gasteiger partial charge on any atom is -0.496 e. The van der Waals surface area contributed by atoms with Gasteiger partial charge in [0.1, 0.15) is 17.4 Å². The van der Waals surface area contributed by atoms with Crippen molar-refractivity contribution in [3.63, 3.8) is 0 Å². The molecular formula is C57H45N5O. The van der Waals surface area contributed by atoms with Crippen LogP contribution >= 0.6 is 0 Å². The van der Waals surface area contributed by atoms with E-state index >= 15 is 0 Å². The first-order valence-corrected chi connectivity index (χ1v) is 21.1. The molecule has 3 heterocycles. The van der Waals surface area contributed by atoms with Gasteiger partial charge < -0.3 is 13.9 Å². The standard InChI is InChI=1S/C57H45N5O/c1-38-37-60-54(36-55(38)63-4)42-23-17-39(18-24-42)48-11-5-8-14-51(48)45-33-46(52-15-9-6-12-49(52)40-19-25-43(26-20-40)56-58-29-31-61(56)2)35-47(34-45)53-16-10-7-13-50(53)41-21-27-44(28-22-41)57-59-30-32-62(57)3/h5-37H,1-4H3. The molecular weight excluding hydrogens is 771 g/mol. The van der Waals surface area contributed by atoms with Gasteiger partial charge in [-0.2, -0.15) is 0 Å². The lowest BCUT2D eigenvalue weighted by atomic mass is 9.86. The van der Waals surface area contributed by atoms with Crippen molar-refractivity contribution in [3.05, 3.63) is 206 Å². The molecule has 0 aliphatic carbocycles.